The van der Waals surface area contributed by atoms with Crippen LogP contribution in [0.25, 0.3) is 21.8 Å². The Hall–Kier alpha value is -5.56. The largest absolute Gasteiger partial charge is 0.368 e. The van der Waals surface area contributed by atoms with Gasteiger partial charge in [0.2, 0.25) is 39.6 Å². The molecule has 0 bridgehead atoms. The van der Waals surface area contributed by atoms with Crippen molar-refractivity contribution in [2.75, 3.05) is 60.4 Å². The van der Waals surface area contributed by atoms with Gasteiger partial charge in [-0.3, -0.25) is 29.2 Å². The second-order valence-corrected chi connectivity index (χ2v) is 20.2. The zero-order chi connectivity index (χ0) is 44.5. The van der Waals surface area contributed by atoms with Crippen molar-refractivity contribution in [2.45, 2.75) is 83.5 Å². The Labute approximate surface area is 370 Å². The van der Waals surface area contributed by atoms with Gasteiger partial charge < -0.3 is 20.4 Å². The van der Waals surface area contributed by atoms with Crippen LogP contribution in [0.1, 0.15) is 94.0 Å². The van der Waals surface area contributed by atoms with Gasteiger partial charge in [-0.1, -0.05) is 26.0 Å². The molecule has 0 saturated carbocycles. The molecule has 0 aliphatic carbocycles. The third-order valence-electron chi connectivity index (χ3n) is 12.9. The van der Waals surface area contributed by atoms with Gasteiger partial charge in [-0.15, -0.1) is 11.3 Å². The van der Waals surface area contributed by atoms with Crippen molar-refractivity contribution >= 4 is 62.4 Å². The zero-order valence-corrected chi connectivity index (χ0v) is 37.1. The smallest absolute Gasteiger partial charge is 0.234 e. The monoisotopic (exact) mass is 900 g/mol. The number of hydrogen-bond acceptors (Lipinski definition) is 13. The standard InChI is InChI=1S/C44H53FN10O6S2/c1-3-25-63(60,61)52-32-6-4-5-31(36(32)45)37-38(33-11-18-47-43(46)49-33)62-40(51-37)27-12-19-54(20-13-27)41(58)28-14-21-55(22-15-28)42(59)44(2)16-23-53(24-17-44)34-9-7-29(26-48-34)30-8-10-35(56)50-39(30)57/h4-7,9,11,18,26-28,30,52H,3,8,10,12-17,19-25H2,1-2H3,(H2,46,47,49)(H,50,56,57)/t30-/m0/s1. The number of hydrogen-bond donors (Lipinski definition) is 3. The quantitative estimate of drug-likeness (QED) is 0.164. The molecule has 4 saturated heterocycles. The Kier molecular flexibility index (Phi) is 12.8. The summed E-state index contributed by atoms with van der Waals surface area (Å²) in [5.41, 5.74) is 6.99. The Morgan fingerprint density at radius 3 is 2.35 bits per heavy atom. The molecule has 0 radical (unpaired) electrons. The Balaban J connectivity index is 0.855. The van der Waals surface area contributed by atoms with Crippen LogP contribution in [-0.4, -0.2) is 107 Å². The summed E-state index contributed by atoms with van der Waals surface area (Å²) in [6.07, 6.45) is 8.29. The number of benzene rings is 1. The molecule has 1 atom stereocenters. The molecule has 4 aliphatic rings. The summed E-state index contributed by atoms with van der Waals surface area (Å²) in [7, 11) is -3.75. The number of amides is 4. The SMILES string of the molecule is CCCS(=O)(=O)Nc1cccc(-c2nc(C3CCN(C(=O)C4CCN(C(=O)C5(C)CCN(c6ccc([C@@H]7CCC(=O)NC7=O)cn6)CC5)CC4)CC3)sc2-c2ccnc(N)n2)c1F. The molecular weight excluding hydrogens is 848 g/mol. The van der Waals surface area contributed by atoms with E-state index in [0.29, 0.717) is 113 Å². The maximum atomic E-state index is 16.1. The van der Waals surface area contributed by atoms with Crippen molar-refractivity contribution in [3.63, 3.8) is 0 Å². The fraction of sp³-hybridized carbons (Fsp3) is 0.500. The van der Waals surface area contributed by atoms with Gasteiger partial charge in [-0.2, -0.15) is 0 Å². The number of pyridine rings is 1. The van der Waals surface area contributed by atoms with Crippen LogP contribution in [0, 0.1) is 17.2 Å². The highest BCUT2D eigenvalue weighted by Crippen LogP contribution is 2.43. The van der Waals surface area contributed by atoms with Gasteiger partial charge in [0.05, 0.1) is 38.6 Å². The lowest BCUT2D eigenvalue weighted by atomic mass is 9.78. The van der Waals surface area contributed by atoms with Crippen LogP contribution >= 0.6 is 11.3 Å². The van der Waals surface area contributed by atoms with Gasteiger partial charge in [-0.05, 0) is 81.2 Å². The first-order valence-corrected chi connectivity index (χ1v) is 24.2. The first kappa shape index (κ1) is 44.1. The molecule has 63 heavy (non-hydrogen) atoms. The number of nitrogen functional groups attached to an aromatic ring is 1. The van der Waals surface area contributed by atoms with Gasteiger partial charge in [0.15, 0.2) is 5.82 Å². The number of likely N-dealkylation sites (tertiary alicyclic amines) is 2. The van der Waals surface area contributed by atoms with E-state index in [9.17, 15) is 27.6 Å². The van der Waals surface area contributed by atoms with E-state index in [1.165, 1.54) is 23.6 Å². The number of piperidine rings is 4. The molecule has 4 aliphatic heterocycles. The van der Waals surface area contributed by atoms with E-state index in [0.717, 1.165) is 16.4 Å². The van der Waals surface area contributed by atoms with Crippen LogP contribution in [0.2, 0.25) is 0 Å². The van der Waals surface area contributed by atoms with Crippen LogP contribution < -0.4 is 20.7 Å². The fourth-order valence-corrected chi connectivity index (χ4v) is 11.6. The molecule has 4 aromatic rings. The summed E-state index contributed by atoms with van der Waals surface area (Å²) in [6, 6.07) is 10.0. The number of nitrogens with one attached hydrogen (secondary N) is 2. The average Bonchev–Trinajstić information content (AvgIpc) is 3.72. The molecule has 0 unspecified atom stereocenters. The maximum Gasteiger partial charge on any atom is 0.234 e. The summed E-state index contributed by atoms with van der Waals surface area (Å²) in [6.45, 7) is 7.26. The number of imide groups is 1. The van der Waals surface area contributed by atoms with Crippen molar-refractivity contribution < 1.29 is 32.0 Å². The molecule has 4 N–H and O–H groups in total. The number of aromatic nitrogens is 4. The highest BCUT2D eigenvalue weighted by Gasteiger charge is 2.42. The molecular formula is C44H53FN10O6S2. The minimum atomic E-state index is -3.75. The first-order valence-electron chi connectivity index (χ1n) is 21.7. The lowest BCUT2D eigenvalue weighted by Gasteiger charge is -2.43. The Morgan fingerprint density at radius 2 is 1.68 bits per heavy atom. The average molecular weight is 901 g/mol. The van der Waals surface area contributed by atoms with Gasteiger partial charge in [0.1, 0.15) is 5.82 Å². The highest BCUT2D eigenvalue weighted by molar-refractivity contribution is 7.92. The summed E-state index contributed by atoms with van der Waals surface area (Å²) >= 11 is 1.38. The van der Waals surface area contributed by atoms with Crippen molar-refractivity contribution in [3.8, 4) is 21.8 Å². The second-order valence-electron chi connectivity index (χ2n) is 17.3. The van der Waals surface area contributed by atoms with Crippen LogP contribution in [0.3, 0.4) is 0 Å². The minimum absolute atomic E-state index is 0.000331. The van der Waals surface area contributed by atoms with Crippen molar-refractivity contribution in [3.05, 3.63) is 65.2 Å². The predicted octanol–water partition coefficient (Wildman–Crippen LogP) is 5.31. The summed E-state index contributed by atoms with van der Waals surface area (Å²) in [5, 5.41) is 3.17. The Morgan fingerprint density at radius 1 is 0.952 bits per heavy atom. The van der Waals surface area contributed by atoms with E-state index in [1.807, 2.05) is 28.9 Å². The molecule has 1 aromatic carbocycles. The van der Waals surface area contributed by atoms with Crippen LogP contribution in [-0.2, 0) is 29.2 Å². The topological polar surface area (TPSA) is 214 Å². The molecule has 16 nitrogen and oxygen atoms in total. The molecule has 0 spiro atoms. The highest BCUT2D eigenvalue weighted by atomic mass is 32.2. The Bertz CT molecular complexity index is 2480. The number of sulfonamides is 1. The van der Waals surface area contributed by atoms with Crippen molar-refractivity contribution in [2.24, 2.45) is 11.3 Å². The molecule has 7 heterocycles. The number of nitrogens with zero attached hydrogens (tertiary/aromatic N) is 7. The fourth-order valence-electron chi connectivity index (χ4n) is 9.21. The number of halogens is 1. The number of nitrogens with two attached hydrogens (primary N) is 1. The van der Waals surface area contributed by atoms with Crippen LogP contribution in [0.15, 0.2) is 48.8 Å². The number of carbonyl (C=O) groups is 4. The molecule has 3 aromatic heterocycles. The van der Waals surface area contributed by atoms with E-state index in [-0.39, 0.29) is 64.3 Å². The summed E-state index contributed by atoms with van der Waals surface area (Å²) in [5.74, 6) is -0.873. The third kappa shape index (κ3) is 9.54. The lowest BCUT2D eigenvalue weighted by Crippen LogP contribution is -2.52. The molecule has 334 valence electrons. The number of rotatable bonds is 11. The third-order valence-corrected chi connectivity index (χ3v) is 15.7. The number of carbonyl (C=O) groups excluding carboxylic acids is 4. The molecule has 8 rings (SSSR count). The van der Waals surface area contributed by atoms with E-state index < -0.39 is 21.3 Å². The minimum Gasteiger partial charge on any atom is -0.368 e. The van der Waals surface area contributed by atoms with E-state index >= 15 is 4.39 Å². The van der Waals surface area contributed by atoms with Gasteiger partial charge in [0.25, 0.3) is 0 Å². The lowest BCUT2D eigenvalue weighted by molar-refractivity contribution is -0.147. The van der Waals surface area contributed by atoms with E-state index in [4.69, 9.17) is 10.7 Å². The predicted molar refractivity (Wildman–Crippen MR) is 237 cm³/mol. The normalized spacial score (nSPS) is 20.1. The van der Waals surface area contributed by atoms with E-state index in [2.05, 4.69) is 29.9 Å². The molecule has 4 fully saturated rings. The van der Waals surface area contributed by atoms with Gasteiger partial charge in [-0.25, -0.2) is 32.7 Å². The van der Waals surface area contributed by atoms with Crippen molar-refractivity contribution in [1.82, 2.24) is 35.1 Å². The molecule has 19 heteroatoms. The number of anilines is 3. The van der Waals surface area contributed by atoms with Gasteiger partial charge >= 0.3 is 0 Å². The first-order chi connectivity index (χ1) is 30.2. The maximum absolute atomic E-state index is 16.1. The van der Waals surface area contributed by atoms with Crippen LogP contribution in [0.4, 0.5) is 21.8 Å². The summed E-state index contributed by atoms with van der Waals surface area (Å²) in [4.78, 5) is 76.3. The number of thiazole rings is 1. The summed E-state index contributed by atoms with van der Waals surface area (Å²) < 4.78 is 43.5. The molecule has 4 amide bonds. The van der Waals surface area contributed by atoms with Gasteiger partial charge in [0, 0.05) is 80.9 Å². The van der Waals surface area contributed by atoms with Crippen molar-refractivity contribution in [1.29, 1.82) is 0 Å². The van der Waals surface area contributed by atoms with E-state index in [1.54, 1.807) is 31.3 Å². The second kappa shape index (κ2) is 18.3. The van der Waals surface area contributed by atoms with Crippen LogP contribution in [0.5, 0.6) is 0 Å². The zero-order valence-electron chi connectivity index (χ0n) is 35.5.